The molecule has 0 spiro atoms. The molecule has 56 heavy (non-hydrogen) atoms. The highest BCUT2D eigenvalue weighted by Gasteiger charge is 2.20. The average molecular weight is 718 g/mol. The van der Waals surface area contributed by atoms with Crippen LogP contribution in [-0.2, 0) is 0 Å². The quantitative estimate of drug-likeness (QED) is 0.171. The third kappa shape index (κ3) is 5.45. The predicted octanol–water partition coefficient (Wildman–Crippen LogP) is 13.7. The molecule has 0 aliphatic carbocycles. The van der Waals surface area contributed by atoms with Crippen LogP contribution in [0.5, 0.6) is 0 Å². The monoisotopic (exact) mass is 717 g/mol. The summed E-state index contributed by atoms with van der Waals surface area (Å²) in [4.78, 5) is 15.3. The van der Waals surface area contributed by atoms with Gasteiger partial charge < -0.3 is 8.83 Å². The highest BCUT2D eigenvalue weighted by Crippen LogP contribution is 2.40. The van der Waals surface area contributed by atoms with Crippen molar-refractivity contribution in [2.75, 3.05) is 0 Å². The Kier molecular flexibility index (Phi) is 7.42. The molecule has 0 radical (unpaired) electrons. The van der Waals surface area contributed by atoms with Crippen LogP contribution in [0.2, 0.25) is 0 Å². The Balaban J connectivity index is 1.02. The van der Waals surface area contributed by atoms with Gasteiger partial charge in [0.1, 0.15) is 22.3 Å². The molecule has 0 saturated heterocycles. The molecule has 0 aliphatic rings. The number of hydrogen-bond donors (Lipinski definition) is 0. The number of rotatable bonds is 6. The molecule has 8 aromatic carbocycles. The first-order chi connectivity index (χ1) is 27.7. The minimum Gasteiger partial charge on any atom is -0.456 e. The molecule has 262 valence electrons. The normalized spacial score (nSPS) is 11.6. The zero-order chi connectivity index (χ0) is 37.0. The molecule has 0 amide bonds. The van der Waals surface area contributed by atoms with Crippen molar-refractivity contribution in [3.8, 4) is 67.5 Å². The highest BCUT2D eigenvalue weighted by atomic mass is 16.3. The van der Waals surface area contributed by atoms with E-state index < -0.39 is 0 Å². The molecule has 0 saturated carbocycles. The number of nitrogens with zero attached hydrogens (tertiary/aromatic N) is 3. The summed E-state index contributed by atoms with van der Waals surface area (Å²) in [5, 5.41) is 4.03. The minimum atomic E-state index is 0.541. The smallest absolute Gasteiger partial charge is 0.167 e. The van der Waals surface area contributed by atoms with Crippen molar-refractivity contribution in [1.29, 1.82) is 0 Å². The van der Waals surface area contributed by atoms with Gasteiger partial charge in [0.25, 0.3) is 0 Å². The third-order valence-corrected chi connectivity index (χ3v) is 10.6. The van der Waals surface area contributed by atoms with Crippen LogP contribution >= 0.6 is 0 Å². The molecule has 0 fully saturated rings. The summed E-state index contributed by atoms with van der Waals surface area (Å²) in [6.07, 6.45) is 0. The molecule has 0 N–H and O–H groups in total. The van der Waals surface area contributed by atoms with E-state index in [0.717, 1.165) is 71.7 Å². The SMILES string of the molecule is c1ccc(-c2ccc(-c3ccc(-c4ccc5oc6cccc(-c7nc(-c8ccccc8)nc(-c8cccc9c8oc8ccccc89)n7)c6c5c4)cc3)cc2)cc1. The minimum absolute atomic E-state index is 0.541. The van der Waals surface area contributed by atoms with Crippen LogP contribution in [0, 0.1) is 0 Å². The molecule has 0 atom stereocenters. The van der Waals surface area contributed by atoms with E-state index in [1.54, 1.807) is 0 Å². The summed E-state index contributed by atoms with van der Waals surface area (Å²) in [6.45, 7) is 0. The van der Waals surface area contributed by atoms with Crippen molar-refractivity contribution < 1.29 is 8.83 Å². The third-order valence-electron chi connectivity index (χ3n) is 10.6. The van der Waals surface area contributed by atoms with E-state index in [-0.39, 0.29) is 0 Å². The van der Waals surface area contributed by atoms with Gasteiger partial charge in [0.2, 0.25) is 0 Å². The second kappa shape index (κ2) is 13.0. The van der Waals surface area contributed by atoms with Crippen molar-refractivity contribution >= 4 is 43.9 Å². The fraction of sp³-hybridized carbons (Fsp3) is 0. The molecule has 11 rings (SSSR count). The zero-order valence-electron chi connectivity index (χ0n) is 30.1. The summed E-state index contributed by atoms with van der Waals surface area (Å²) < 4.78 is 12.9. The lowest BCUT2D eigenvalue weighted by Gasteiger charge is -2.10. The van der Waals surface area contributed by atoms with Crippen LogP contribution in [0.4, 0.5) is 0 Å². The van der Waals surface area contributed by atoms with Gasteiger partial charge in [0, 0.05) is 32.7 Å². The van der Waals surface area contributed by atoms with Gasteiger partial charge in [-0.15, -0.1) is 0 Å². The first kappa shape index (κ1) is 31.9. The lowest BCUT2D eigenvalue weighted by molar-refractivity contribution is 0.668. The van der Waals surface area contributed by atoms with Crippen molar-refractivity contribution in [2.24, 2.45) is 0 Å². The second-order valence-corrected chi connectivity index (χ2v) is 14.0. The predicted molar refractivity (Wildman–Crippen MR) is 227 cm³/mol. The summed E-state index contributed by atoms with van der Waals surface area (Å²) in [6, 6.07) is 64.7. The maximum absolute atomic E-state index is 6.46. The van der Waals surface area contributed by atoms with E-state index in [2.05, 4.69) is 109 Å². The van der Waals surface area contributed by atoms with Crippen LogP contribution in [0.25, 0.3) is 111 Å². The molecule has 5 nitrogen and oxygen atoms in total. The maximum Gasteiger partial charge on any atom is 0.167 e. The van der Waals surface area contributed by atoms with E-state index in [0.29, 0.717) is 17.5 Å². The van der Waals surface area contributed by atoms with E-state index in [9.17, 15) is 0 Å². The van der Waals surface area contributed by atoms with Crippen LogP contribution in [0.15, 0.2) is 197 Å². The standard InChI is InChI=1S/C51H31N3O2/c1-3-11-32(12-4-1)33-21-23-34(24-22-33)35-25-27-36(28-26-35)38-29-30-45-43(31-38)47-41(17-10-20-46(47)55-45)50-52-49(37-13-5-2-6-14-37)53-51(54-50)42-18-9-16-40-39-15-7-8-19-44(39)56-48(40)42/h1-31H. The topological polar surface area (TPSA) is 65.0 Å². The van der Waals surface area contributed by atoms with Crippen molar-refractivity contribution in [3.05, 3.63) is 188 Å². The molecule has 0 aliphatic heterocycles. The Morgan fingerprint density at radius 1 is 0.286 bits per heavy atom. The Morgan fingerprint density at radius 2 is 0.768 bits per heavy atom. The van der Waals surface area contributed by atoms with Gasteiger partial charge in [-0.25, -0.2) is 15.0 Å². The zero-order valence-corrected chi connectivity index (χ0v) is 30.1. The fourth-order valence-electron chi connectivity index (χ4n) is 7.79. The summed E-state index contributed by atoms with van der Waals surface area (Å²) in [7, 11) is 0. The fourth-order valence-corrected chi connectivity index (χ4v) is 7.79. The summed E-state index contributed by atoms with van der Waals surface area (Å²) in [5.41, 5.74) is 12.7. The Morgan fingerprint density at radius 3 is 1.48 bits per heavy atom. The van der Waals surface area contributed by atoms with Crippen LogP contribution in [0.3, 0.4) is 0 Å². The number of furan rings is 2. The average Bonchev–Trinajstić information content (AvgIpc) is 3.85. The number of benzene rings is 8. The largest absolute Gasteiger partial charge is 0.456 e. The first-order valence-corrected chi connectivity index (χ1v) is 18.7. The molecule has 11 aromatic rings. The maximum atomic E-state index is 6.46. The van der Waals surface area contributed by atoms with Gasteiger partial charge in [-0.2, -0.15) is 0 Å². The van der Waals surface area contributed by atoms with Crippen molar-refractivity contribution in [3.63, 3.8) is 0 Å². The highest BCUT2D eigenvalue weighted by molar-refractivity contribution is 6.13. The second-order valence-electron chi connectivity index (χ2n) is 14.0. The Labute approximate surface area is 322 Å². The number of aromatic nitrogens is 3. The molecule has 0 bridgehead atoms. The van der Waals surface area contributed by atoms with Gasteiger partial charge in [-0.05, 0) is 63.7 Å². The number of hydrogen-bond acceptors (Lipinski definition) is 5. The Hall–Kier alpha value is -7.63. The van der Waals surface area contributed by atoms with E-state index in [4.69, 9.17) is 23.8 Å². The number of para-hydroxylation sites is 2. The van der Waals surface area contributed by atoms with Gasteiger partial charge in [-0.1, -0.05) is 158 Å². The number of fused-ring (bicyclic) bond motifs is 6. The van der Waals surface area contributed by atoms with Crippen LogP contribution in [-0.4, -0.2) is 15.0 Å². The van der Waals surface area contributed by atoms with Crippen LogP contribution < -0.4 is 0 Å². The van der Waals surface area contributed by atoms with Gasteiger partial charge in [-0.3, -0.25) is 0 Å². The van der Waals surface area contributed by atoms with Gasteiger partial charge >= 0.3 is 0 Å². The lowest BCUT2D eigenvalue weighted by Crippen LogP contribution is -2.00. The van der Waals surface area contributed by atoms with Crippen molar-refractivity contribution in [2.45, 2.75) is 0 Å². The molecule has 5 heteroatoms. The van der Waals surface area contributed by atoms with E-state index >= 15 is 0 Å². The van der Waals surface area contributed by atoms with Gasteiger partial charge in [0.15, 0.2) is 17.5 Å². The first-order valence-electron chi connectivity index (χ1n) is 18.7. The molecular formula is C51H31N3O2. The lowest BCUT2D eigenvalue weighted by atomic mass is 9.97. The van der Waals surface area contributed by atoms with E-state index in [1.165, 1.54) is 22.3 Å². The molecular weight excluding hydrogens is 687 g/mol. The molecule has 0 unspecified atom stereocenters. The van der Waals surface area contributed by atoms with Crippen LogP contribution in [0.1, 0.15) is 0 Å². The summed E-state index contributed by atoms with van der Waals surface area (Å²) >= 11 is 0. The van der Waals surface area contributed by atoms with E-state index in [1.807, 2.05) is 78.9 Å². The summed E-state index contributed by atoms with van der Waals surface area (Å²) in [5.74, 6) is 1.68. The molecule has 3 aromatic heterocycles. The Bertz CT molecular complexity index is 3220. The van der Waals surface area contributed by atoms with Crippen molar-refractivity contribution in [1.82, 2.24) is 15.0 Å². The molecule has 3 heterocycles. The van der Waals surface area contributed by atoms with Gasteiger partial charge in [0.05, 0.1) is 5.56 Å².